The highest BCUT2D eigenvalue weighted by Gasteiger charge is 2.29. The molecule has 8 N–H and O–H groups in total. The smallest absolute Gasteiger partial charge is 0.326 e. The summed E-state index contributed by atoms with van der Waals surface area (Å²) < 4.78 is 0. The Morgan fingerprint density at radius 2 is 1.75 bits per heavy atom. The number of nitrogens with two attached hydrogens (primary N) is 2. The van der Waals surface area contributed by atoms with Gasteiger partial charge in [-0.25, -0.2) is 4.79 Å². The van der Waals surface area contributed by atoms with Gasteiger partial charge in [-0.3, -0.25) is 9.59 Å². The van der Waals surface area contributed by atoms with Crippen LogP contribution in [0.2, 0.25) is 0 Å². The zero-order valence-electron chi connectivity index (χ0n) is 18.8. The van der Waals surface area contributed by atoms with Crippen molar-refractivity contribution in [3.8, 4) is 0 Å². The van der Waals surface area contributed by atoms with Gasteiger partial charge in [-0.15, -0.1) is 0 Å². The molecule has 0 unspecified atom stereocenters. The van der Waals surface area contributed by atoms with Crippen LogP contribution in [0.25, 0.3) is 10.9 Å². The maximum absolute atomic E-state index is 13.1. The minimum atomic E-state index is -1.11. The van der Waals surface area contributed by atoms with E-state index < -0.39 is 35.9 Å². The highest BCUT2D eigenvalue weighted by atomic mass is 16.4. The number of carboxylic acid groups (broad SMARTS) is 1. The molecule has 176 valence electrons. The number of carbonyl (C=O) groups excluding carboxylic acids is 2. The van der Waals surface area contributed by atoms with Crippen molar-refractivity contribution in [1.29, 1.82) is 0 Å². The monoisotopic (exact) mass is 445 g/mol. The summed E-state index contributed by atoms with van der Waals surface area (Å²) in [6.45, 7) is 4.29. The predicted molar refractivity (Wildman–Crippen MR) is 124 cm³/mol. The summed E-state index contributed by atoms with van der Waals surface area (Å²) >= 11 is 0. The average Bonchev–Trinajstić information content (AvgIpc) is 3.15. The predicted octanol–water partition coefficient (Wildman–Crippen LogP) is 1.27. The van der Waals surface area contributed by atoms with Gasteiger partial charge >= 0.3 is 5.97 Å². The number of hydrogen-bond acceptors (Lipinski definition) is 5. The summed E-state index contributed by atoms with van der Waals surface area (Å²) in [6.07, 6.45) is 4.20. The second kappa shape index (κ2) is 12.2. The Labute approximate surface area is 188 Å². The molecule has 0 bridgehead atoms. The Kier molecular flexibility index (Phi) is 9.67. The lowest BCUT2D eigenvalue weighted by Gasteiger charge is -2.23. The van der Waals surface area contributed by atoms with E-state index in [1.54, 1.807) is 6.20 Å². The van der Waals surface area contributed by atoms with Gasteiger partial charge in [-0.05, 0) is 43.4 Å². The van der Waals surface area contributed by atoms with Crippen LogP contribution in [0, 0.1) is 5.92 Å². The van der Waals surface area contributed by atoms with E-state index in [0.29, 0.717) is 19.4 Å². The number of nitrogens with one attached hydrogen (secondary N) is 3. The van der Waals surface area contributed by atoms with Gasteiger partial charge in [0.15, 0.2) is 0 Å². The topological polar surface area (TPSA) is 163 Å². The molecule has 32 heavy (non-hydrogen) atoms. The molecule has 9 heteroatoms. The fraction of sp³-hybridized carbons (Fsp3) is 0.522. The Hall–Kier alpha value is -2.91. The van der Waals surface area contributed by atoms with Crippen LogP contribution in [0.15, 0.2) is 30.5 Å². The summed E-state index contributed by atoms with van der Waals surface area (Å²) in [5.74, 6) is -2.03. The molecule has 0 aliphatic heterocycles. The van der Waals surface area contributed by atoms with Crippen molar-refractivity contribution < 1.29 is 19.5 Å². The fourth-order valence-corrected chi connectivity index (χ4v) is 3.61. The molecule has 0 saturated heterocycles. The van der Waals surface area contributed by atoms with Crippen LogP contribution in [-0.2, 0) is 20.8 Å². The van der Waals surface area contributed by atoms with Crippen LogP contribution >= 0.6 is 0 Å². The maximum atomic E-state index is 13.1. The minimum Gasteiger partial charge on any atom is -0.480 e. The molecule has 2 aromatic rings. The van der Waals surface area contributed by atoms with E-state index in [2.05, 4.69) is 15.6 Å². The van der Waals surface area contributed by atoms with E-state index in [-0.39, 0.29) is 18.8 Å². The van der Waals surface area contributed by atoms with Crippen molar-refractivity contribution in [3.05, 3.63) is 36.0 Å². The number of aliphatic carboxylic acids is 1. The second-order valence-electron chi connectivity index (χ2n) is 8.54. The van der Waals surface area contributed by atoms with Crippen molar-refractivity contribution in [2.45, 2.75) is 64.1 Å². The number of benzene rings is 1. The summed E-state index contributed by atoms with van der Waals surface area (Å²) in [5.41, 5.74) is 13.2. The first-order valence-corrected chi connectivity index (χ1v) is 11.1. The normalized spacial score (nSPS) is 14.2. The van der Waals surface area contributed by atoms with E-state index in [9.17, 15) is 19.5 Å². The quantitative estimate of drug-likeness (QED) is 0.254. The third kappa shape index (κ3) is 7.35. The van der Waals surface area contributed by atoms with Crippen molar-refractivity contribution >= 4 is 28.7 Å². The van der Waals surface area contributed by atoms with Gasteiger partial charge in [0.25, 0.3) is 0 Å². The number of rotatable bonds is 13. The number of amides is 2. The van der Waals surface area contributed by atoms with Crippen molar-refractivity contribution in [3.63, 3.8) is 0 Å². The largest absolute Gasteiger partial charge is 0.480 e. The van der Waals surface area contributed by atoms with Crippen molar-refractivity contribution in [2.75, 3.05) is 6.54 Å². The van der Waals surface area contributed by atoms with Gasteiger partial charge in [0.05, 0.1) is 6.04 Å². The number of unbranched alkanes of at least 4 members (excludes halogenated alkanes) is 1. The molecule has 1 aromatic heterocycles. The first kappa shape index (κ1) is 25.4. The van der Waals surface area contributed by atoms with Crippen LogP contribution in [0.1, 0.15) is 45.1 Å². The molecule has 2 rings (SSSR count). The Morgan fingerprint density at radius 3 is 2.41 bits per heavy atom. The van der Waals surface area contributed by atoms with Crippen LogP contribution in [0.4, 0.5) is 0 Å². The molecule has 1 aromatic carbocycles. The lowest BCUT2D eigenvalue weighted by atomic mass is 10.0. The third-order valence-corrected chi connectivity index (χ3v) is 5.36. The van der Waals surface area contributed by atoms with Crippen molar-refractivity contribution in [2.24, 2.45) is 17.4 Å². The number of carbonyl (C=O) groups is 3. The highest BCUT2D eigenvalue weighted by molar-refractivity contribution is 5.92. The van der Waals surface area contributed by atoms with E-state index in [1.807, 2.05) is 38.1 Å². The fourth-order valence-electron chi connectivity index (χ4n) is 3.61. The lowest BCUT2D eigenvalue weighted by molar-refractivity contribution is -0.142. The van der Waals surface area contributed by atoms with Crippen LogP contribution in [0.3, 0.4) is 0 Å². The summed E-state index contributed by atoms with van der Waals surface area (Å²) in [6, 6.07) is 4.87. The van der Waals surface area contributed by atoms with E-state index in [1.165, 1.54) is 0 Å². The Balaban J connectivity index is 2.20. The standard InChI is InChI=1S/C23H35N5O4/c1-14(2)11-20(23(31)32)28-22(30)19(27-21(29)17(25)8-5-6-10-24)12-15-13-26-18-9-4-3-7-16(15)18/h3-4,7,9,13-14,17,19-20,26H,5-6,8,10-12,24-25H2,1-2H3,(H,27,29)(H,28,30)(H,31,32)/t17-,19-,20-/m0/s1. The molecule has 0 aliphatic rings. The van der Waals surface area contributed by atoms with Gasteiger partial charge in [0.2, 0.25) is 11.8 Å². The minimum absolute atomic E-state index is 0.0778. The zero-order chi connectivity index (χ0) is 23.7. The average molecular weight is 446 g/mol. The SMILES string of the molecule is CC(C)C[C@H](NC(=O)[C@H](Cc1c[nH]c2ccccc12)NC(=O)[C@@H](N)CCCCN)C(=O)O. The van der Waals surface area contributed by atoms with Crippen LogP contribution in [0.5, 0.6) is 0 Å². The molecule has 1 heterocycles. The lowest BCUT2D eigenvalue weighted by Crippen LogP contribution is -2.55. The molecule has 2 amide bonds. The van der Waals surface area contributed by atoms with Gasteiger partial charge in [0.1, 0.15) is 12.1 Å². The Bertz CT molecular complexity index is 911. The summed E-state index contributed by atoms with van der Waals surface area (Å²) in [7, 11) is 0. The molecule has 0 saturated carbocycles. The van der Waals surface area contributed by atoms with Gasteiger partial charge in [-0.2, -0.15) is 0 Å². The van der Waals surface area contributed by atoms with Crippen molar-refractivity contribution in [1.82, 2.24) is 15.6 Å². The molecule has 9 nitrogen and oxygen atoms in total. The van der Waals surface area contributed by atoms with Gasteiger partial charge in [-0.1, -0.05) is 38.5 Å². The van der Waals surface area contributed by atoms with Gasteiger partial charge < -0.3 is 32.2 Å². The van der Waals surface area contributed by atoms with Crippen LogP contribution in [-0.4, -0.2) is 52.5 Å². The Morgan fingerprint density at radius 1 is 1.06 bits per heavy atom. The molecule has 3 atom stereocenters. The first-order valence-electron chi connectivity index (χ1n) is 11.1. The molecule has 0 spiro atoms. The van der Waals surface area contributed by atoms with E-state index >= 15 is 0 Å². The molecular weight excluding hydrogens is 410 g/mol. The first-order chi connectivity index (χ1) is 15.2. The number of para-hydroxylation sites is 1. The molecule has 0 fully saturated rings. The molecule has 0 aliphatic carbocycles. The highest BCUT2D eigenvalue weighted by Crippen LogP contribution is 2.19. The number of aromatic amines is 1. The number of aromatic nitrogens is 1. The van der Waals surface area contributed by atoms with Crippen LogP contribution < -0.4 is 22.1 Å². The van der Waals surface area contributed by atoms with Gasteiger partial charge in [0, 0.05) is 23.5 Å². The number of hydrogen-bond donors (Lipinski definition) is 6. The van der Waals surface area contributed by atoms with E-state index in [0.717, 1.165) is 22.9 Å². The molecule has 0 radical (unpaired) electrons. The maximum Gasteiger partial charge on any atom is 0.326 e. The number of H-pyrrole nitrogens is 1. The summed E-state index contributed by atoms with van der Waals surface area (Å²) in [5, 5.41) is 15.8. The number of fused-ring (bicyclic) bond motifs is 1. The molecular formula is C23H35N5O4. The second-order valence-corrected chi connectivity index (χ2v) is 8.54. The number of carboxylic acids is 1. The zero-order valence-corrected chi connectivity index (χ0v) is 18.8. The third-order valence-electron chi connectivity index (χ3n) is 5.36. The summed E-state index contributed by atoms with van der Waals surface area (Å²) in [4.78, 5) is 40.5. The van der Waals surface area contributed by atoms with E-state index in [4.69, 9.17) is 11.5 Å².